The molecule has 5 nitrogen and oxygen atoms in total. The predicted molar refractivity (Wildman–Crippen MR) is 120 cm³/mol. The van der Waals surface area contributed by atoms with E-state index >= 15 is 0 Å². The van der Waals surface area contributed by atoms with Gasteiger partial charge in [0.1, 0.15) is 0 Å². The molecule has 29 heavy (non-hydrogen) atoms. The summed E-state index contributed by atoms with van der Waals surface area (Å²) in [7, 11) is 0. The van der Waals surface area contributed by atoms with Gasteiger partial charge in [0.25, 0.3) is 5.56 Å². The van der Waals surface area contributed by atoms with Crippen molar-refractivity contribution in [1.82, 2.24) is 14.9 Å². The Balaban J connectivity index is 1.60. The van der Waals surface area contributed by atoms with Crippen LogP contribution in [0.3, 0.4) is 0 Å². The van der Waals surface area contributed by atoms with Crippen molar-refractivity contribution in [3.05, 3.63) is 21.6 Å². The first-order chi connectivity index (χ1) is 14.1. The van der Waals surface area contributed by atoms with Crippen LogP contribution in [0.15, 0.2) is 9.95 Å². The fourth-order valence-corrected chi connectivity index (χ4v) is 5.87. The Morgan fingerprint density at radius 3 is 2.24 bits per heavy atom. The number of rotatable bonds is 4. The SMILES string of the molecule is CCc1c(C)nc2n(c1=O)C(CC(=O)NC1CCCCCCCCCCC1)CS2. The quantitative estimate of drug-likeness (QED) is 0.702. The molecule has 0 spiro atoms. The Labute approximate surface area is 179 Å². The van der Waals surface area contributed by atoms with Gasteiger partial charge in [0.15, 0.2) is 5.16 Å². The highest BCUT2D eigenvalue weighted by molar-refractivity contribution is 7.99. The Morgan fingerprint density at radius 1 is 1.07 bits per heavy atom. The fourth-order valence-electron chi connectivity index (χ4n) is 4.69. The van der Waals surface area contributed by atoms with Crippen LogP contribution in [0.2, 0.25) is 0 Å². The van der Waals surface area contributed by atoms with Crippen LogP contribution in [0.4, 0.5) is 0 Å². The van der Waals surface area contributed by atoms with Crippen LogP contribution in [0.1, 0.15) is 101 Å². The third-order valence-electron chi connectivity index (χ3n) is 6.40. The number of nitrogens with zero attached hydrogens (tertiary/aromatic N) is 2. The maximum Gasteiger partial charge on any atom is 0.257 e. The van der Waals surface area contributed by atoms with Crippen LogP contribution in [-0.4, -0.2) is 27.3 Å². The summed E-state index contributed by atoms with van der Waals surface area (Å²) in [6.45, 7) is 3.90. The highest BCUT2D eigenvalue weighted by Gasteiger charge is 2.29. The van der Waals surface area contributed by atoms with Crippen molar-refractivity contribution >= 4 is 17.7 Å². The first-order valence-electron chi connectivity index (χ1n) is 11.6. The van der Waals surface area contributed by atoms with Crippen molar-refractivity contribution in [1.29, 1.82) is 0 Å². The van der Waals surface area contributed by atoms with Crippen molar-refractivity contribution in [3.8, 4) is 0 Å². The molecule has 2 heterocycles. The second kappa shape index (κ2) is 11.2. The van der Waals surface area contributed by atoms with Gasteiger partial charge in [0.05, 0.1) is 6.04 Å². The summed E-state index contributed by atoms with van der Waals surface area (Å²) in [5.74, 6) is 0.846. The normalized spacial score (nSPS) is 21.8. The number of carbonyl (C=O) groups is 1. The Morgan fingerprint density at radius 2 is 1.66 bits per heavy atom. The van der Waals surface area contributed by atoms with Gasteiger partial charge < -0.3 is 5.32 Å². The van der Waals surface area contributed by atoms with Gasteiger partial charge in [-0.3, -0.25) is 14.2 Å². The number of hydrogen-bond acceptors (Lipinski definition) is 4. The zero-order valence-corrected chi connectivity index (χ0v) is 19.0. The minimum absolute atomic E-state index is 0.0452. The Hall–Kier alpha value is -1.30. The molecule has 162 valence electrons. The summed E-state index contributed by atoms with van der Waals surface area (Å²) in [4.78, 5) is 30.3. The van der Waals surface area contributed by atoms with Gasteiger partial charge in [-0.1, -0.05) is 76.5 Å². The molecule has 1 aromatic rings. The average molecular weight is 420 g/mol. The number of nitrogens with one attached hydrogen (secondary N) is 1. The van der Waals surface area contributed by atoms with Crippen LogP contribution < -0.4 is 10.9 Å². The third kappa shape index (κ3) is 6.09. The number of hydrogen-bond donors (Lipinski definition) is 1. The second-order valence-corrected chi connectivity index (χ2v) is 9.67. The molecule has 1 amide bonds. The van der Waals surface area contributed by atoms with Gasteiger partial charge in [-0.2, -0.15) is 0 Å². The monoisotopic (exact) mass is 419 g/mol. The van der Waals surface area contributed by atoms with Crippen LogP contribution in [-0.2, 0) is 11.2 Å². The maximum absolute atomic E-state index is 12.9. The largest absolute Gasteiger partial charge is 0.353 e. The van der Waals surface area contributed by atoms with E-state index in [1.54, 1.807) is 16.3 Å². The van der Waals surface area contributed by atoms with E-state index in [-0.39, 0.29) is 23.6 Å². The molecular weight excluding hydrogens is 382 g/mol. The molecule has 1 aromatic heterocycles. The molecule has 1 aliphatic carbocycles. The number of aromatic nitrogens is 2. The lowest BCUT2D eigenvalue weighted by molar-refractivity contribution is -0.122. The lowest BCUT2D eigenvalue weighted by Gasteiger charge is -2.21. The predicted octanol–water partition coefficient (Wildman–Crippen LogP) is 4.94. The van der Waals surface area contributed by atoms with Crippen molar-refractivity contribution < 1.29 is 4.79 Å². The fraction of sp³-hybridized carbons (Fsp3) is 0.783. The van der Waals surface area contributed by atoms with E-state index in [4.69, 9.17) is 0 Å². The van der Waals surface area contributed by atoms with Gasteiger partial charge >= 0.3 is 0 Å². The molecule has 1 atom stereocenters. The standard InChI is InChI=1S/C23H37N3O2S/c1-3-20-17(2)24-23-26(22(20)28)19(16-29-23)15-21(27)25-18-13-11-9-7-5-4-6-8-10-12-14-18/h18-19H,3-16H2,1-2H3,(H,25,27). The summed E-state index contributed by atoms with van der Waals surface area (Å²) in [5, 5.41) is 4.08. The van der Waals surface area contributed by atoms with E-state index in [0.717, 1.165) is 35.0 Å². The van der Waals surface area contributed by atoms with Gasteiger partial charge in [0, 0.05) is 29.5 Å². The van der Waals surface area contributed by atoms with Gasteiger partial charge in [-0.25, -0.2) is 4.98 Å². The summed E-state index contributed by atoms with van der Waals surface area (Å²) in [6, 6.07) is 0.210. The van der Waals surface area contributed by atoms with Crippen molar-refractivity contribution in [2.45, 2.75) is 115 Å². The molecular formula is C23H37N3O2S. The maximum atomic E-state index is 12.9. The van der Waals surface area contributed by atoms with E-state index in [9.17, 15) is 9.59 Å². The Bertz CT molecular complexity index is 734. The number of amides is 1. The second-order valence-electron chi connectivity index (χ2n) is 8.68. The Kier molecular flexibility index (Phi) is 8.64. The number of aryl methyl sites for hydroxylation is 1. The summed E-state index contributed by atoms with van der Waals surface area (Å²) in [5.41, 5.74) is 1.65. The van der Waals surface area contributed by atoms with Crippen LogP contribution in [0.5, 0.6) is 0 Å². The molecule has 0 saturated heterocycles. The molecule has 2 aliphatic rings. The molecule has 1 saturated carbocycles. The molecule has 6 heteroatoms. The summed E-state index contributed by atoms with van der Waals surface area (Å²) >= 11 is 1.60. The molecule has 3 rings (SSSR count). The van der Waals surface area contributed by atoms with Crippen molar-refractivity contribution in [3.63, 3.8) is 0 Å². The van der Waals surface area contributed by atoms with E-state index in [1.807, 2.05) is 13.8 Å². The summed E-state index contributed by atoms with van der Waals surface area (Å²) in [6.07, 6.45) is 14.9. The van der Waals surface area contributed by atoms with Gasteiger partial charge in [-0.15, -0.1) is 0 Å². The molecule has 0 bridgehead atoms. The zero-order valence-electron chi connectivity index (χ0n) is 18.2. The molecule has 1 unspecified atom stereocenters. The molecule has 1 fully saturated rings. The topological polar surface area (TPSA) is 64.0 Å². The highest BCUT2D eigenvalue weighted by atomic mass is 32.2. The molecule has 0 aromatic carbocycles. The highest BCUT2D eigenvalue weighted by Crippen LogP contribution is 2.32. The minimum atomic E-state index is -0.0767. The van der Waals surface area contributed by atoms with Crippen LogP contribution >= 0.6 is 11.8 Å². The lowest BCUT2D eigenvalue weighted by atomic mass is 9.97. The summed E-state index contributed by atoms with van der Waals surface area (Å²) < 4.78 is 1.77. The average Bonchev–Trinajstić information content (AvgIpc) is 3.06. The van der Waals surface area contributed by atoms with E-state index in [2.05, 4.69) is 10.3 Å². The molecule has 1 aliphatic heterocycles. The van der Waals surface area contributed by atoms with Crippen molar-refractivity contribution in [2.24, 2.45) is 0 Å². The van der Waals surface area contributed by atoms with E-state index in [1.165, 1.54) is 57.8 Å². The van der Waals surface area contributed by atoms with Gasteiger partial charge in [0.2, 0.25) is 5.91 Å². The smallest absolute Gasteiger partial charge is 0.257 e. The number of thioether (sulfide) groups is 1. The van der Waals surface area contributed by atoms with Crippen LogP contribution in [0.25, 0.3) is 0 Å². The molecule has 0 radical (unpaired) electrons. The minimum Gasteiger partial charge on any atom is -0.353 e. The zero-order chi connectivity index (χ0) is 20.6. The lowest BCUT2D eigenvalue weighted by Crippen LogP contribution is -2.37. The van der Waals surface area contributed by atoms with E-state index < -0.39 is 0 Å². The van der Waals surface area contributed by atoms with Gasteiger partial charge in [-0.05, 0) is 26.2 Å². The first kappa shape index (κ1) is 22.4. The molecule has 1 N–H and O–H groups in total. The van der Waals surface area contributed by atoms with Crippen LogP contribution in [0, 0.1) is 6.92 Å². The third-order valence-corrected chi connectivity index (χ3v) is 7.50. The van der Waals surface area contributed by atoms with Crippen molar-refractivity contribution in [2.75, 3.05) is 5.75 Å². The number of carbonyl (C=O) groups excluding carboxylic acids is 1. The number of fused-ring (bicyclic) bond motifs is 1. The first-order valence-corrected chi connectivity index (χ1v) is 12.6. The van der Waals surface area contributed by atoms with E-state index in [0.29, 0.717) is 12.8 Å².